The number of hydrogen-bond donors (Lipinski definition) is 0. The monoisotopic (exact) mass is 426 g/mol. The molecule has 5 heteroatoms. The molecule has 0 aromatic heterocycles. The molecule has 0 radical (unpaired) electrons. The van der Waals surface area contributed by atoms with Crippen molar-refractivity contribution in [3.63, 3.8) is 0 Å². The summed E-state index contributed by atoms with van der Waals surface area (Å²) in [6.07, 6.45) is 13.7. The van der Waals surface area contributed by atoms with Crippen LogP contribution in [0.1, 0.15) is 89.2 Å². The summed E-state index contributed by atoms with van der Waals surface area (Å²) < 4.78 is 35.7. The Morgan fingerprint density at radius 1 is 0.759 bits per heavy atom. The number of unbranched alkanes of at least 4 members (excludes halogenated alkanes) is 8. The van der Waals surface area contributed by atoms with Crippen molar-refractivity contribution in [2.75, 3.05) is 0 Å². The fourth-order valence-electron chi connectivity index (χ4n) is 4.01. The maximum Gasteiger partial charge on any atom is 1.00 e. The first kappa shape index (κ1) is 26.6. The van der Waals surface area contributed by atoms with Crippen molar-refractivity contribution in [2.24, 2.45) is 0 Å². The predicted octanol–water partition coefficient (Wildman–Crippen LogP) is 3.77. The van der Waals surface area contributed by atoms with Crippen molar-refractivity contribution in [1.82, 2.24) is 0 Å². The van der Waals surface area contributed by atoms with Crippen LogP contribution in [-0.4, -0.2) is 13.0 Å². The molecule has 3 nitrogen and oxygen atoms in total. The van der Waals surface area contributed by atoms with Crippen molar-refractivity contribution in [2.45, 2.75) is 95.8 Å². The Balaban J connectivity index is 0.00000420. The fraction of sp³-hybridized carbons (Fsp3) is 0.583. The quantitative estimate of drug-likeness (QED) is 0.278. The Bertz CT molecular complexity index is 847. The second-order valence-corrected chi connectivity index (χ2v) is 9.19. The Labute approximate surface area is 199 Å². The van der Waals surface area contributed by atoms with Gasteiger partial charge in [0.15, 0.2) is 0 Å². The number of hydrogen-bond acceptors (Lipinski definition) is 3. The zero-order valence-corrected chi connectivity index (χ0v) is 21.3. The minimum Gasteiger partial charge on any atom is -0.744 e. The average molecular weight is 427 g/mol. The Morgan fingerprint density at radius 3 is 1.83 bits per heavy atom. The van der Waals surface area contributed by atoms with Crippen molar-refractivity contribution in [3.8, 4) is 0 Å². The molecular weight excluding hydrogens is 391 g/mol. The van der Waals surface area contributed by atoms with E-state index in [0.717, 1.165) is 43.1 Å². The van der Waals surface area contributed by atoms with Gasteiger partial charge < -0.3 is 4.55 Å². The van der Waals surface area contributed by atoms with E-state index in [2.05, 4.69) is 13.8 Å². The van der Waals surface area contributed by atoms with Gasteiger partial charge in [-0.3, -0.25) is 0 Å². The summed E-state index contributed by atoms with van der Waals surface area (Å²) in [5, 5.41) is 1.52. The van der Waals surface area contributed by atoms with Gasteiger partial charge in [0.25, 0.3) is 0 Å². The number of fused-ring (bicyclic) bond motifs is 1. The molecule has 29 heavy (non-hydrogen) atoms. The zero-order chi connectivity index (χ0) is 20.4. The normalized spacial score (nSPS) is 11.6. The van der Waals surface area contributed by atoms with E-state index in [9.17, 15) is 13.0 Å². The van der Waals surface area contributed by atoms with E-state index >= 15 is 0 Å². The minimum atomic E-state index is -4.49. The molecule has 0 amide bonds. The van der Waals surface area contributed by atoms with Gasteiger partial charge in [-0.15, -0.1) is 0 Å². The molecule has 2 rings (SSSR count). The predicted molar refractivity (Wildman–Crippen MR) is 117 cm³/mol. The molecule has 0 fully saturated rings. The molecule has 2 aromatic rings. The SMILES string of the molecule is CCCCCCCc1cc(S(=O)(=O)[O-])c2ccccc2c1CCCCCCC.[Na+]. The molecule has 0 saturated heterocycles. The molecular formula is C24H35NaO3S. The summed E-state index contributed by atoms with van der Waals surface area (Å²) in [5.41, 5.74) is 2.30. The molecule has 0 aliphatic heterocycles. The van der Waals surface area contributed by atoms with Crippen LogP contribution in [0.2, 0.25) is 0 Å². The Hall–Kier alpha value is -0.390. The topological polar surface area (TPSA) is 57.2 Å². The van der Waals surface area contributed by atoms with E-state index in [1.54, 1.807) is 12.1 Å². The van der Waals surface area contributed by atoms with Crippen molar-refractivity contribution in [3.05, 3.63) is 41.5 Å². The third-order valence-corrected chi connectivity index (χ3v) is 6.44. The Morgan fingerprint density at radius 2 is 1.28 bits per heavy atom. The smallest absolute Gasteiger partial charge is 0.744 e. The summed E-state index contributed by atoms with van der Waals surface area (Å²) in [6, 6.07) is 9.17. The molecule has 2 aromatic carbocycles. The van der Waals surface area contributed by atoms with Gasteiger partial charge in [-0.2, -0.15) is 0 Å². The summed E-state index contributed by atoms with van der Waals surface area (Å²) in [5.74, 6) is 0. The molecule has 0 heterocycles. The van der Waals surface area contributed by atoms with Crippen molar-refractivity contribution < 1.29 is 42.5 Å². The van der Waals surface area contributed by atoms with Gasteiger partial charge in [-0.25, -0.2) is 8.42 Å². The van der Waals surface area contributed by atoms with E-state index in [1.807, 2.05) is 18.2 Å². The second kappa shape index (κ2) is 13.8. The van der Waals surface area contributed by atoms with Gasteiger partial charge in [-0.05, 0) is 53.6 Å². The molecule has 0 spiro atoms. The summed E-state index contributed by atoms with van der Waals surface area (Å²) in [7, 11) is -4.49. The van der Waals surface area contributed by atoms with Crippen LogP contribution in [-0.2, 0) is 23.0 Å². The van der Waals surface area contributed by atoms with E-state index in [-0.39, 0.29) is 34.5 Å². The van der Waals surface area contributed by atoms with E-state index < -0.39 is 10.1 Å². The standard InChI is InChI=1S/C24H36O3S.Na/c1-3-5-7-9-11-15-20-19-24(28(25,26)27)23-18-14-13-17-22(23)21(20)16-12-10-8-6-4-2;/h13-14,17-19H,3-12,15-16H2,1-2H3,(H,25,26,27);/q;+1/p-1. The first-order valence-electron chi connectivity index (χ1n) is 11.0. The summed E-state index contributed by atoms with van der Waals surface area (Å²) in [4.78, 5) is -0.0543. The van der Waals surface area contributed by atoms with Crippen LogP contribution in [0.4, 0.5) is 0 Å². The maximum atomic E-state index is 11.9. The minimum absolute atomic E-state index is 0. The zero-order valence-electron chi connectivity index (χ0n) is 18.5. The van der Waals surface area contributed by atoms with Crippen molar-refractivity contribution >= 4 is 20.9 Å². The maximum absolute atomic E-state index is 11.9. The van der Waals surface area contributed by atoms with Crippen LogP contribution >= 0.6 is 0 Å². The first-order chi connectivity index (χ1) is 13.5. The third kappa shape index (κ3) is 8.34. The number of rotatable bonds is 13. The van der Waals surface area contributed by atoms with Gasteiger partial charge in [0.2, 0.25) is 0 Å². The van der Waals surface area contributed by atoms with E-state index in [0.29, 0.717) is 5.39 Å². The molecule has 0 N–H and O–H groups in total. The van der Waals surface area contributed by atoms with Gasteiger partial charge in [0.05, 0.1) is 4.90 Å². The average Bonchev–Trinajstić information content (AvgIpc) is 2.67. The van der Waals surface area contributed by atoms with Gasteiger partial charge in [0.1, 0.15) is 10.1 Å². The molecule has 0 bridgehead atoms. The molecule has 0 unspecified atom stereocenters. The Kier molecular flexibility index (Phi) is 12.7. The molecule has 0 aliphatic rings. The third-order valence-electron chi connectivity index (χ3n) is 5.56. The molecule has 0 atom stereocenters. The van der Waals surface area contributed by atoms with Gasteiger partial charge >= 0.3 is 29.6 Å². The number of aryl methyl sites for hydroxylation is 2. The molecule has 0 aliphatic carbocycles. The second-order valence-electron chi connectivity index (χ2n) is 7.84. The van der Waals surface area contributed by atoms with Gasteiger partial charge in [0, 0.05) is 0 Å². The van der Waals surface area contributed by atoms with E-state index in [4.69, 9.17) is 0 Å². The summed E-state index contributed by atoms with van der Waals surface area (Å²) in [6.45, 7) is 4.41. The summed E-state index contributed by atoms with van der Waals surface area (Å²) >= 11 is 0. The van der Waals surface area contributed by atoms with Crippen LogP contribution in [0, 0.1) is 0 Å². The van der Waals surface area contributed by atoms with Crippen LogP contribution in [0.3, 0.4) is 0 Å². The van der Waals surface area contributed by atoms with Gasteiger partial charge in [-0.1, -0.05) is 89.5 Å². The number of benzene rings is 2. The first-order valence-corrected chi connectivity index (χ1v) is 12.4. The molecule has 0 saturated carbocycles. The largest absolute Gasteiger partial charge is 1.00 e. The van der Waals surface area contributed by atoms with Crippen molar-refractivity contribution in [1.29, 1.82) is 0 Å². The van der Waals surface area contributed by atoms with Crippen LogP contribution < -0.4 is 29.6 Å². The molecule has 156 valence electrons. The van der Waals surface area contributed by atoms with E-state index in [1.165, 1.54) is 50.5 Å². The van der Waals surface area contributed by atoms with Crippen LogP contribution in [0.5, 0.6) is 0 Å². The van der Waals surface area contributed by atoms with Crippen LogP contribution in [0.15, 0.2) is 35.2 Å². The van der Waals surface area contributed by atoms with Crippen LogP contribution in [0.25, 0.3) is 10.8 Å². The fourth-order valence-corrected chi connectivity index (χ4v) is 4.74.